The largest absolute Gasteiger partial charge is 0.342 e. The maximum atomic E-state index is 12.7. The second-order valence-electron chi connectivity index (χ2n) is 11.2. The molecule has 0 saturated heterocycles. The number of nitrogens with zero attached hydrogens (tertiary/aromatic N) is 3. The van der Waals surface area contributed by atoms with Gasteiger partial charge in [-0.05, 0) is 70.1 Å². The monoisotopic (exact) mass is 529 g/mol. The first-order valence-electron chi connectivity index (χ1n) is 15.8. The van der Waals surface area contributed by atoms with E-state index in [1.54, 1.807) is 0 Å². The summed E-state index contributed by atoms with van der Waals surface area (Å²) in [4.78, 5) is 25.8. The van der Waals surface area contributed by atoms with Crippen molar-refractivity contribution in [3.8, 4) is 6.07 Å². The molecule has 0 fully saturated rings. The smallest absolute Gasteiger partial charge is 0.222 e. The highest BCUT2D eigenvalue weighted by Crippen LogP contribution is 2.19. The first-order chi connectivity index (χ1) is 18.5. The molecule has 0 bridgehead atoms. The molecule has 0 spiro atoms. The summed E-state index contributed by atoms with van der Waals surface area (Å²) in [5.74, 6) is 0.597. The van der Waals surface area contributed by atoms with E-state index in [-0.39, 0.29) is 11.9 Å². The summed E-state index contributed by atoms with van der Waals surface area (Å²) in [5.41, 5.74) is 1.17. The molecule has 5 nitrogen and oxygen atoms in total. The Kier molecular flexibility index (Phi) is 25.3. The fraction of sp³-hybridized carbons (Fsp3) is 0.818. The average Bonchev–Trinajstić information content (AvgIpc) is 2.91. The van der Waals surface area contributed by atoms with Gasteiger partial charge in [0.15, 0.2) is 0 Å². The Labute approximate surface area is 235 Å². The Morgan fingerprint density at radius 3 is 2.03 bits per heavy atom. The molecule has 0 saturated carbocycles. The fourth-order valence-corrected chi connectivity index (χ4v) is 4.62. The average molecular weight is 530 g/mol. The van der Waals surface area contributed by atoms with E-state index in [2.05, 4.69) is 50.7 Å². The van der Waals surface area contributed by atoms with Gasteiger partial charge in [0.1, 0.15) is 0 Å². The van der Waals surface area contributed by atoms with E-state index < -0.39 is 0 Å². The van der Waals surface area contributed by atoms with Crippen molar-refractivity contribution >= 4 is 5.91 Å². The summed E-state index contributed by atoms with van der Waals surface area (Å²) in [5, 5.41) is 12.3. The maximum Gasteiger partial charge on any atom is 0.222 e. The van der Waals surface area contributed by atoms with E-state index in [0.29, 0.717) is 31.8 Å². The number of carbonyl (C=O) groups excluding carboxylic acids is 1. The molecule has 0 aliphatic heterocycles. The SMILES string of the molecule is C=C(CCC(CCCCN(CCC#N)C(=O)CCCCCCC/C=C\CCCCCCCC)N=O)C(C)C. The predicted molar refractivity (Wildman–Crippen MR) is 163 cm³/mol. The van der Waals surface area contributed by atoms with Crippen molar-refractivity contribution < 1.29 is 4.79 Å². The van der Waals surface area contributed by atoms with Crippen molar-refractivity contribution in [2.75, 3.05) is 13.1 Å². The van der Waals surface area contributed by atoms with Crippen LogP contribution in [0.2, 0.25) is 0 Å². The number of rotatable bonds is 27. The molecule has 38 heavy (non-hydrogen) atoms. The molecular weight excluding hydrogens is 470 g/mol. The van der Waals surface area contributed by atoms with Gasteiger partial charge in [-0.3, -0.25) is 4.79 Å². The minimum Gasteiger partial charge on any atom is -0.342 e. The van der Waals surface area contributed by atoms with Crippen LogP contribution in [0.25, 0.3) is 0 Å². The molecule has 0 aliphatic rings. The van der Waals surface area contributed by atoms with Crippen molar-refractivity contribution in [1.82, 2.24) is 4.90 Å². The zero-order valence-corrected chi connectivity index (χ0v) is 25.2. The van der Waals surface area contributed by atoms with E-state index in [0.717, 1.165) is 44.9 Å². The highest BCUT2D eigenvalue weighted by molar-refractivity contribution is 5.76. The van der Waals surface area contributed by atoms with Crippen LogP contribution in [0.1, 0.15) is 149 Å². The third-order valence-electron chi connectivity index (χ3n) is 7.48. The molecule has 1 atom stereocenters. The minimum atomic E-state index is -0.176. The molecule has 0 aromatic heterocycles. The maximum absolute atomic E-state index is 12.7. The third kappa shape index (κ3) is 22.1. The number of amides is 1. The number of unbranched alkanes of at least 4 members (excludes halogenated alkanes) is 12. The van der Waals surface area contributed by atoms with Crippen molar-refractivity contribution in [2.24, 2.45) is 11.1 Å². The fourth-order valence-electron chi connectivity index (χ4n) is 4.62. The molecule has 218 valence electrons. The minimum absolute atomic E-state index is 0.163. The summed E-state index contributed by atoms with van der Waals surface area (Å²) >= 11 is 0. The molecule has 0 aromatic rings. The van der Waals surface area contributed by atoms with Crippen LogP contribution in [0.3, 0.4) is 0 Å². The lowest BCUT2D eigenvalue weighted by Gasteiger charge is -2.22. The summed E-state index contributed by atoms with van der Waals surface area (Å²) in [6.07, 6.45) is 25.9. The summed E-state index contributed by atoms with van der Waals surface area (Å²) < 4.78 is 0. The molecule has 0 aliphatic carbocycles. The first kappa shape index (κ1) is 36.0. The normalized spacial score (nSPS) is 12.1. The van der Waals surface area contributed by atoms with Crippen LogP contribution in [-0.4, -0.2) is 29.9 Å². The zero-order valence-electron chi connectivity index (χ0n) is 25.2. The topological polar surface area (TPSA) is 73.5 Å². The van der Waals surface area contributed by atoms with Gasteiger partial charge in [0.2, 0.25) is 5.91 Å². The molecule has 0 heterocycles. The van der Waals surface area contributed by atoms with Gasteiger partial charge in [-0.25, -0.2) is 0 Å². The van der Waals surface area contributed by atoms with Crippen molar-refractivity contribution in [3.63, 3.8) is 0 Å². The van der Waals surface area contributed by atoms with Crippen molar-refractivity contribution in [3.05, 3.63) is 29.2 Å². The molecule has 0 N–H and O–H groups in total. The summed E-state index contributed by atoms with van der Waals surface area (Å²) in [6.45, 7) is 11.8. The van der Waals surface area contributed by atoms with Crippen LogP contribution in [0.4, 0.5) is 0 Å². The van der Waals surface area contributed by atoms with E-state index in [9.17, 15) is 9.70 Å². The van der Waals surface area contributed by atoms with E-state index in [1.807, 2.05) is 4.90 Å². The number of hydrogen-bond acceptors (Lipinski definition) is 4. The first-order valence-corrected chi connectivity index (χ1v) is 15.8. The van der Waals surface area contributed by atoms with Gasteiger partial charge in [0.25, 0.3) is 0 Å². The zero-order chi connectivity index (χ0) is 28.3. The van der Waals surface area contributed by atoms with E-state index in [4.69, 9.17) is 5.26 Å². The van der Waals surface area contributed by atoms with Crippen molar-refractivity contribution in [1.29, 1.82) is 5.26 Å². The highest BCUT2D eigenvalue weighted by Gasteiger charge is 2.14. The molecule has 0 aromatic carbocycles. The predicted octanol–water partition coefficient (Wildman–Crippen LogP) is 10.1. The van der Waals surface area contributed by atoms with E-state index in [1.165, 1.54) is 76.2 Å². The lowest BCUT2D eigenvalue weighted by Crippen LogP contribution is -2.32. The van der Waals surface area contributed by atoms with Gasteiger partial charge in [0, 0.05) is 19.5 Å². The van der Waals surface area contributed by atoms with Crippen LogP contribution in [0.15, 0.2) is 29.5 Å². The number of nitriles is 1. The Balaban J connectivity index is 3.97. The van der Waals surface area contributed by atoms with Gasteiger partial charge in [-0.1, -0.05) is 102 Å². The van der Waals surface area contributed by atoms with Crippen LogP contribution < -0.4 is 0 Å². The van der Waals surface area contributed by atoms with Crippen molar-refractivity contribution in [2.45, 2.75) is 155 Å². The molecule has 1 unspecified atom stereocenters. The molecule has 0 radical (unpaired) electrons. The third-order valence-corrected chi connectivity index (χ3v) is 7.48. The Morgan fingerprint density at radius 2 is 1.45 bits per heavy atom. The quantitative estimate of drug-likeness (QED) is 0.0603. The summed E-state index contributed by atoms with van der Waals surface area (Å²) in [7, 11) is 0. The van der Waals surface area contributed by atoms with Gasteiger partial charge in [-0.2, -0.15) is 10.2 Å². The Morgan fingerprint density at radius 1 is 0.842 bits per heavy atom. The molecule has 5 heteroatoms. The molecule has 0 rings (SSSR count). The van der Waals surface area contributed by atoms with Crippen LogP contribution in [-0.2, 0) is 4.79 Å². The highest BCUT2D eigenvalue weighted by atomic mass is 16.3. The number of carbonyl (C=O) groups is 1. The Hall–Kier alpha value is -1.96. The van der Waals surface area contributed by atoms with Crippen LogP contribution in [0, 0.1) is 22.2 Å². The lowest BCUT2D eigenvalue weighted by molar-refractivity contribution is -0.131. The Bertz CT molecular complexity index is 666. The van der Waals surface area contributed by atoms with Gasteiger partial charge in [0.05, 0.1) is 18.5 Å². The second-order valence-corrected chi connectivity index (χ2v) is 11.2. The van der Waals surface area contributed by atoms with E-state index >= 15 is 0 Å². The number of hydrogen-bond donors (Lipinski definition) is 0. The van der Waals surface area contributed by atoms with Gasteiger partial charge < -0.3 is 4.90 Å². The van der Waals surface area contributed by atoms with Gasteiger partial charge >= 0.3 is 0 Å². The number of nitroso groups, excluding NO2 is 1. The van der Waals surface area contributed by atoms with Gasteiger partial charge in [-0.15, -0.1) is 0 Å². The number of allylic oxidation sites excluding steroid dienone is 3. The molecule has 1 amide bonds. The van der Waals surface area contributed by atoms with Crippen LogP contribution in [0.5, 0.6) is 0 Å². The molecular formula is C33H59N3O2. The second kappa shape index (κ2) is 26.6. The standard InChI is InChI=1S/C33H59N3O2/c1-5-6-7-8-9-10-11-12-13-14-15-16-17-18-19-24-33(37)36(29-22-27-34)28-21-20-23-32(35-38)26-25-31(4)30(2)3/h12-13,30,32H,4-11,14-26,28-29H2,1-3H3/b13-12-. The lowest BCUT2D eigenvalue weighted by atomic mass is 9.96. The summed E-state index contributed by atoms with van der Waals surface area (Å²) in [6, 6.07) is 1.99. The van der Waals surface area contributed by atoms with Crippen LogP contribution >= 0.6 is 0 Å².